The second-order valence-corrected chi connectivity index (χ2v) is 12.0. The van der Waals surface area contributed by atoms with Gasteiger partial charge in [-0.1, -0.05) is 44.2 Å². The molecule has 13 heteroatoms. The molecule has 5 bridgehead atoms. The molecule has 1 aromatic carbocycles. The second-order valence-electron chi connectivity index (χ2n) is 12.0. The van der Waals surface area contributed by atoms with E-state index in [1.165, 1.54) is 0 Å². The van der Waals surface area contributed by atoms with Gasteiger partial charge in [-0.05, 0) is 57.2 Å². The highest BCUT2D eigenvalue weighted by atomic mass is 19.3. The number of nitrogens with zero attached hydrogens (tertiary/aromatic N) is 2. The molecule has 1 fully saturated rings. The molecule has 3 heterocycles. The lowest BCUT2D eigenvalue weighted by atomic mass is 9.89. The van der Waals surface area contributed by atoms with E-state index < -0.39 is 72.5 Å². The van der Waals surface area contributed by atoms with Gasteiger partial charge in [-0.15, -0.1) is 0 Å². The Morgan fingerprint density at radius 3 is 2.55 bits per heavy atom. The van der Waals surface area contributed by atoms with Crippen LogP contribution in [0, 0.1) is 11.3 Å². The van der Waals surface area contributed by atoms with Crippen LogP contribution in [0.25, 0.3) is 17.0 Å². The van der Waals surface area contributed by atoms with Gasteiger partial charge >= 0.3 is 12.6 Å². The van der Waals surface area contributed by atoms with Crippen molar-refractivity contribution < 1.29 is 37.4 Å². The largest absolute Gasteiger partial charge is 0.455 e. The average Bonchev–Trinajstić information content (AvgIpc) is 2.99. The van der Waals surface area contributed by atoms with Crippen LogP contribution in [0.5, 0.6) is 0 Å². The Bertz CT molecular complexity index is 1430. The zero-order valence-electron chi connectivity index (χ0n) is 25.4. The average molecular weight is 616 g/mol. The van der Waals surface area contributed by atoms with Crippen molar-refractivity contribution in [2.45, 2.75) is 78.3 Å². The van der Waals surface area contributed by atoms with Crippen LogP contribution in [-0.4, -0.2) is 71.6 Å². The molecule has 3 amide bonds. The van der Waals surface area contributed by atoms with E-state index in [2.05, 4.69) is 20.8 Å². The molecule has 1 aromatic heterocycles. The lowest BCUT2D eigenvalue weighted by Gasteiger charge is -2.35. The van der Waals surface area contributed by atoms with Crippen molar-refractivity contribution in [3.63, 3.8) is 0 Å². The number of carbonyl (C=O) groups excluding carboxylic acids is 4. The first-order valence-corrected chi connectivity index (χ1v) is 14.6. The lowest BCUT2D eigenvalue weighted by Crippen LogP contribution is -2.62. The zero-order valence-corrected chi connectivity index (χ0v) is 25.4. The van der Waals surface area contributed by atoms with Gasteiger partial charge in [0.25, 0.3) is 5.91 Å². The third kappa shape index (κ3) is 7.94. The third-order valence-corrected chi connectivity index (χ3v) is 7.70. The molecular formula is C31H39F2N5O6. The number of hydrogen-bond donors (Lipinski definition) is 3. The molecular weight excluding hydrogens is 576 g/mol. The Labute approximate surface area is 254 Å². The summed E-state index contributed by atoms with van der Waals surface area (Å²) in [5.74, 6) is -3.01. The maximum Gasteiger partial charge on any atom is 0.345 e. The van der Waals surface area contributed by atoms with E-state index in [4.69, 9.17) is 9.72 Å². The second kappa shape index (κ2) is 13.8. The molecule has 0 aliphatic carbocycles. The molecule has 0 radical (unpaired) electrons. The number of carbonyl (C=O) groups is 4. The smallest absolute Gasteiger partial charge is 0.345 e. The van der Waals surface area contributed by atoms with Crippen LogP contribution in [0.3, 0.4) is 0 Å². The number of pyridine rings is 1. The maximum atomic E-state index is 13.5. The predicted octanol–water partition coefficient (Wildman–Crippen LogP) is 3.25. The summed E-state index contributed by atoms with van der Waals surface area (Å²) in [4.78, 5) is 58.1. The molecule has 4 rings (SSSR count). The lowest BCUT2D eigenvalue weighted by molar-refractivity contribution is -0.161. The molecule has 2 aromatic rings. The van der Waals surface area contributed by atoms with Gasteiger partial charge in [0.15, 0.2) is 0 Å². The van der Waals surface area contributed by atoms with Crippen molar-refractivity contribution in [2.24, 2.45) is 11.3 Å². The minimum absolute atomic E-state index is 0.151. The number of cyclic esters (lactones) is 1. The topological polar surface area (TPSA) is 139 Å². The number of benzene rings is 1. The first-order chi connectivity index (χ1) is 20.7. The molecule has 2 aliphatic heterocycles. The van der Waals surface area contributed by atoms with Gasteiger partial charge in [0.1, 0.15) is 24.2 Å². The summed E-state index contributed by atoms with van der Waals surface area (Å²) >= 11 is 0. The summed E-state index contributed by atoms with van der Waals surface area (Å²) in [6.45, 7) is 4.63. The maximum absolute atomic E-state index is 13.5. The minimum Gasteiger partial charge on any atom is -0.455 e. The molecule has 44 heavy (non-hydrogen) atoms. The summed E-state index contributed by atoms with van der Waals surface area (Å²) in [5.41, 5.74) is 3.73. The van der Waals surface area contributed by atoms with Crippen LogP contribution in [0.1, 0.15) is 64.8 Å². The number of amides is 3. The van der Waals surface area contributed by atoms with Crippen molar-refractivity contribution >= 4 is 40.7 Å². The summed E-state index contributed by atoms with van der Waals surface area (Å²) in [7, 11) is 0. The molecule has 0 unspecified atom stereocenters. The number of rotatable bonds is 4. The highest BCUT2D eigenvalue weighted by Crippen LogP contribution is 2.25. The number of fused-ring (bicyclic) bond motifs is 4. The molecule has 0 spiro atoms. The van der Waals surface area contributed by atoms with E-state index in [0.29, 0.717) is 24.1 Å². The van der Waals surface area contributed by atoms with Crippen molar-refractivity contribution in [2.75, 3.05) is 13.2 Å². The summed E-state index contributed by atoms with van der Waals surface area (Å²) in [6.07, 6.45) is 3.54. The number of hydrazine groups is 1. The quantitative estimate of drug-likeness (QED) is 0.446. The molecule has 3 N–H and O–H groups in total. The fraction of sp³-hybridized carbons (Fsp3) is 0.516. The van der Waals surface area contributed by atoms with Crippen molar-refractivity contribution in [1.82, 2.24) is 26.1 Å². The fourth-order valence-corrected chi connectivity index (χ4v) is 4.95. The molecule has 4 atom stereocenters. The van der Waals surface area contributed by atoms with Crippen LogP contribution in [-0.2, 0) is 28.7 Å². The highest BCUT2D eigenvalue weighted by molar-refractivity contribution is 5.94. The number of nitrogens with one attached hydrogen (secondary N) is 3. The standard InChI is InChI=1S/C31H39F2N5O6/c1-17(2)25-26(39)35-24(16-43-30(32)33)27(40)38-14-6-7-22(37-38)28(41)44-18(3)21-11-10-20-9-8-19(15-23(20)34-21)12-13-31(4,5)29(42)36-25/h8-13,15,17-18,22,24-25,30,37H,6-7,14,16H2,1-5H3,(H,35,39)(H,36,42)/t18-,22+,24+,25+/m1/s1. The predicted molar refractivity (Wildman–Crippen MR) is 158 cm³/mol. The van der Waals surface area contributed by atoms with Crippen molar-refractivity contribution in [3.8, 4) is 0 Å². The van der Waals surface area contributed by atoms with Crippen LogP contribution in [0.15, 0.2) is 36.4 Å². The number of alkyl halides is 2. The number of aromatic nitrogens is 1. The van der Waals surface area contributed by atoms with Crippen LogP contribution < -0.4 is 16.1 Å². The Balaban J connectivity index is 1.72. The van der Waals surface area contributed by atoms with E-state index in [1.54, 1.807) is 52.8 Å². The molecule has 238 valence electrons. The third-order valence-electron chi connectivity index (χ3n) is 7.70. The monoisotopic (exact) mass is 615 g/mol. The molecule has 11 nitrogen and oxygen atoms in total. The van der Waals surface area contributed by atoms with Gasteiger partial charge in [-0.2, -0.15) is 8.78 Å². The molecule has 1 saturated heterocycles. The number of halogens is 2. The van der Waals surface area contributed by atoms with Gasteiger partial charge in [0.2, 0.25) is 11.8 Å². The number of esters is 1. The Hall–Kier alpha value is -3.97. The minimum atomic E-state index is -3.19. The van der Waals surface area contributed by atoms with Gasteiger partial charge < -0.3 is 20.1 Å². The van der Waals surface area contributed by atoms with E-state index >= 15 is 0 Å². The van der Waals surface area contributed by atoms with Gasteiger partial charge in [0, 0.05) is 11.9 Å². The Kier molecular flexibility index (Phi) is 10.3. The molecule has 2 aliphatic rings. The van der Waals surface area contributed by atoms with Crippen molar-refractivity contribution in [1.29, 1.82) is 0 Å². The molecule has 0 saturated carbocycles. The summed E-state index contributed by atoms with van der Waals surface area (Å²) in [5, 5.41) is 7.21. The van der Waals surface area contributed by atoms with E-state index in [9.17, 15) is 28.0 Å². The SMILES string of the molecule is CC(C)[C@@H]1NC(=O)C(C)(C)C=Cc2ccc3ccc(nc3c2)[C@@H](C)OC(=O)[C@@H]2CCCN(N2)C(=O)[C@H](COC(F)F)NC1=O. The van der Waals surface area contributed by atoms with Gasteiger partial charge in [0.05, 0.1) is 23.2 Å². The van der Waals surface area contributed by atoms with Crippen LogP contribution in [0.4, 0.5) is 8.78 Å². The van der Waals surface area contributed by atoms with Crippen LogP contribution in [0.2, 0.25) is 0 Å². The fourth-order valence-electron chi connectivity index (χ4n) is 4.95. The first-order valence-electron chi connectivity index (χ1n) is 14.6. The van der Waals surface area contributed by atoms with Crippen molar-refractivity contribution in [3.05, 3.63) is 47.7 Å². The number of ether oxygens (including phenoxy) is 2. The van der Waals surface area contributed by atoms with E-state index in [-0.39, 0.29) is 6.54 Å². The Morgan fingerprint density at radius 2 is 1.84 bits per heavy atom. The normalized spacial score (nSPS) is 25.2. The van der Waals surface area contributed by atoms with E-state index in [0.717, 1.165) is 16.0 Å². The highest BCUT2D eigenvalue weighted by Gasteiger charge is 2.37. The summed E-state index contributed by atoms with van der Waals surface area (Å²) in [6, 6.07) is 5.76. The zero-order chi connectivity index (χ0) is 32.2. The first kappa shape index (κ1) is 32.9. The summed E-state index contributed by atoms with van der Waals surface area (Å²) < 4.78 is 36.1. The Morgan fingerprint density at radius 1 is 1.11 bits per heavy atom. The van der Waals surface area contributed by atoms with Gasteiger partial charge in [-0.3, -0.25) is 24.2 Å². The van der Waals surface area contributed by atoms with Crippen LogP contribution >= 0.6 is 0 Å². The van der Waals surface area contributed by atoms with E-state index in [1.807, 2.05) is 24.3 Å². The number of hydrogen-bond acceptors (Lipinski definition) is 8. The van der Waals surface area contributed by atoms with Gasteiger partial charge in [-0.25, -0.2) is 10.4 Å².